The quantitative estimate of drug-likeness (QED) is 0.446. The van der Waals surface area contributed by atoms with Crippen molar-refractivity contribution >= 4 is 17.6 Å². The lowest BCUT2D eigenvalue weighted by Gasteiger charge is -2.42. The number of nitrogens with one attached hydrogen (secondary N) is 1. The van der Waals surface area contributed by atoms with Crippen molar-refractivity contribution in [3.63, 3.8) is 0 Å². The molecule has 9 nitrogen and oxygen atoms in total. The van der Waals surface area contributed by atoms with Crippen LogP contribution in [0.3, 0.4) is 0 Å². The summed E-state index contributed by atoms with van der Waals surface area (Å²) in [5.41, 5.74) is 6.93. The lowest BCUT2D eigenvalue weighted by molar-refractivity contribution is 0.114. The Kier molecular flexibility index (Phi) is 6.96. The van der Waals surface area contributed by atoms with Gasteiger partial charge in [-0.05, 0) is 50.0 Å². The highest BCUT2D eigenvalue weighted by molar-refractivity contribution is 5.98. The van der Waals surface area contributed by atoms with Crippen LogP contribution in [-0.2, 0) is 6.54 Å². The van der Waals surface area contributed by atoms with Gasteiger partial charge >= 0.3 is 6.03 Å². The molecule has 0 aliphatic carbocycles. The van der Waals surface area contributed by atoms with Gasteiger partial charge in [-0.2, -0.15) is 0 Å². The number of piperidine rings is 1. The first kappa shape index (κ1) is 22.2. The van der Waals surface area contributed by atoms with Gasteiger partial charge in [-0.3, -0.25) is 15.2 Å². The lowest BCUT2D eigenvalue weighted by Crippen LogP contribution is -2.56. The molecule has 0 saturated carbocycles. The van der Waals surface area contributed by atoms with Crippen molar-refractivity contribution < 1.29 is 9.90 Å². The molecule has 4 N–H and O–H groups in total. The Balaban J connectivity index is 1.38. The summed E-state index contributed by atoms with van der Waals surface area (Å²) in [5.74, 6) is 1.23. The van der Waals surface area contributed by atoms with Gasteiger partial charge in [0.1, 0.15) is 11.7 Å². The third-order valence-corrected chi connectivity index (χ3v) is 6.32. The van der Waals surface area contributed by atoms with Gasteiger partial charge in [-0.25, -0.2) is 14.8 Å². The number of nitrogens with two attached hydrogens (primary N) is 1. The highest BCUT2D eigenvalue weighted by atomic mass is 16.3. The summed E-state index contributed by atoms with van der Waals surface area (Å²) >= 11 is 0. The molecule has 9 heteroatoms. The Morgan fingerprint density at radius 1 is 1.12 bits per heavy atom. The van der Waals surface area contributed by atoms with E-state index in [0.717, 1.165) is 38.3 Å². The largest absolute Gasteiger partial charge is 0.396 e. The molecule has 4 rings (SSSR count). The number of aliphatic hydroxyl groups is 1. The number of hydrogen-bond acceptors (Lipinski definition) is 6. The molecule has 2 aliphatic rings. The summed E-state index contributed by atoms with van der Waals surface area (Å²) in [6, 6.07) is 8.96. The van der Waals surface area contributed by atoms with E-state index in [1.165, 1.54) is 0 Å². The van der Waals surface area contributed by atoms with Gasteiger partial charge < -0.3 is 15.7 Å². The number of likely N-dealkylation sites (tertiary alicyclic amines) is 1. The maximum Gasteiger partial charge on any atom is 0.324 e. The number of rotatable bonds is 7. The smallest absolute Gasteiger partial charge is 0.324 e. The average Bonchev–Trinajstić information content (AvgIpc) is 2.82. The van der Waals surface area contributed by atoms with Crippen molar-refractivity contribution in [1.29, 1.82) is 5.41 Å². The molecule has 2 fully saturated rings. The summed E-state index contributed by atoms with van der Waals surface area (Å²) in [4.78, 5) is 27.9. The van der Waals surface area contributed by atoms with Crippen LogP contribution in [0.15, 0.2) is 42.7 Å². The molecule has 32 heavy (non-hydrogen) atoms. The first-order valence-electron chi connectivity index (χ1n) is 11.1. The van der Waals surface area contributed by atoms with Crippen molar-refractivity contribution in [2.75, 3.05) is 44.2 Å². The first-order chi connectivity index (χ1) is 15.5. The van der Waals surface area contributed by atoms with Gasteiger partial charge in [0.2, 0.25) is 0 Å². The van der Waals surface area contributed by atoms with Gasteiger partial charge in [0, 0.05) is 55.8 Å². The minimum atomic E-state index is -0.0458. The zero-order valence-electron chi connectivity index (χ0n) is 18.2. The Morgan fingerprint density at radius 2 is 1.88 bits per heavy atom. The summed E-state index contributed by atoms with van der Waals surface area (Å²) in [5, 5.41) is 17.5. The fourth-order valence-corrected chi connectivity index (χ4v) is 4.53. The van der Waals surface area contributed by atoms with Gasteiger partial charge in [0.05, 0.1) is 6.54 Å². The molecule has 2 aliphatic heterocycles. The maximum atomic E-state index is 13.3. The number of anilines is 1. The number of carbonyl (C=O) groups is 1. The number of benzene rings is 1. The third kappa shape index (κ3) is 5.23. The maximum absolute atomic E-state index is 13.3. The molecular weight excluding hydrogens is 406 g/mol. The van der Waals surface area contributed by atoms with Crippen LogP contribution in [-0.4, -0.2) is 76.1 Å². The van der Waals surface area contributed by atoms with E-state index >= 15 is 0 Å². The highest BCUT2D eigenvalue weighted by Gasteiger charge is 2.34. The van der Waals surface area contributed by atoms with Crippen LogP contribution in [0.1, 0.15) is 24.2 Å². The van der Waals surface area contributed by atoms with Crippen LogP contribution in [0.2, 0.25) is 0 Å². The number of urea groups is 1. The predicted molar refractivity (Wildman–Crippen MR) is 122 cm³/mol. The molecule has 1 unspecified atom stereocenters. The van der Waals surface area contributed by atoms with E-state index in [1.807, 2.05) is 17.0 Å². The molecule has 2 amide bonds. The van der Waals surface area contributed by atoms with Gasteiger partial charge in [-0.15, -0.1) is 0 Å². The van der Waals surface area contributed by atoms with Gasteiger partial charge in [0.25, 0.3) is 0 Å². The van der Waals surface area contributed by atoms with E-state index in [1.54, 1.807) is 35.5 Å². The van der Waals surface area contributed by atoms with Crippen molar-refractivity contribution in [2.24, 2.45) is 17.6 Å². The van der Waals surface area contributed by atoms with Crippen molar-refractivity contribution in [3.05, 3.63) is 54.1 Å². The zero-order chi connectivity index (χ0) is 22.5. The van der Waals surface area contributed by atoms with Crippen LogP contribution in [0.25, 0.3) is 0 Å². The normalized spacial score (nSPS) is 20.5. The highest BCUT2D eigenvalue weighted by Crippen LogP contribution is 2.26. The van der Waals surface area contributed by atoms with E-state index in [9.17, 15) is 9.90 Å². The number of amides is 2. The van der Waals surface area contributed by atoms with Crippen molar-refractivity contribution in [2.45, 2.75) is 19.4 Å². The molecular formula is C23H31N7O2. The van der Waals surface area contributed by atoms with E-state index < -0.39 is 0 Å². The molecule has 0 spiro atoms. The Labute approximate surface area is 188 Å². The van der Waals surface area contributed by atoms with Crippen LogP contribution >= 0.6 is 0 Å². The molecule has 1 aromatic heterocycles. The molecule has 3 heterocycles. The van der Waals surface area contributed by atoms with E-state index in [2.05, 4.69) is 14.9 Å². The second-order valence-corrected chi connectivity index (χ2v) is 8.70. The van der Waals surface area contributed by atoms with E-state index in [4.69, 9.17) is 11.1 Å². The van der Waals surface area contributed by atoms with Crippen molar-refractivity contribution in [1.82, 2.24) is 19.8 Å². The number of aliphatic hydroxyl groups excluding tert-OH is 1. The fourth-order valence-electron chi connectivity index (χ4n) is 4.53. The summed E-state index contributed by atoms with van der Waals surface area (Å²) in [6.45, 7) is 4.41. The lowest BCUT2D eigenvalue weighted by atomic mass is 9.95. The number of carbonyl (C=O) groups excluding carboxylic acids is 1. The standard InChI is InChI=1S/C23H31N7O2/c24-22(25)19-3-1-4-20(11-19)30-14-18(16-31)13-29(23(30)32)12-17-5-9-28(10-6-17)15-21-26-7-2-8-27-21/h1-4,7-8,11,17-18,31H,5-6,9-10,12-16H2,(H3,24,25). The fraction of sp³-hybridized carbons (Fsp3) is 0.478. The van der Waals surface area contributed by atoms with Crippen LogP contribution < -0.4 is 10.6 Å². The third-order valence-electron chi connectivity index (χ3n) is 6.32. The van der Waals surface area contributed by atoms with Crippen LogP contribution in [0.4, 0.5) is 10.5 Å². The minimum Gasteiger partial charge on any atom is -0.396 e. The van der Waals surface area contributed by atoms with Crippen LogP contribution in [0.5, 0.6) is 0 Å². The predicted octanol–water partition coefficient (Wildman–Crippen LogP) is 1.52. The van der Waals surface area contributed by atoms with E-state index in [-0.39, 0.29) is 24.4 Å². The molecule has 0 bridgehead atoms. The molecule has 1 atom stereocenters. The monoisotopic (exact) mass is 437 g/mol. The van der Waals surface area contributed by atoms with E-state index in [0.29, 0.717) is 36.8 Å². The van der Waals surface area contributed by atoms with Crippen LogP contribution in [0, 0.1) is 17.2 Å². The summed E-state index contributed by atoms with van der Waals surface area (Å²) in [6.07, 6.45) is 5.57. The Bertz CT molecular complexity index is 931. The van der Waals surface area contributed by atoms with Gasteiger partial charge in [-0.1, -0.05) is 12.1 Å². The second-order valence-electron chi connectivity index (χ2n) is 8.70. The zero-order valence-corrected chi connectivity index (χ0v) is 18.2. The summed E-state index contributed by atoms with van der Waals surface area (Å²) in [7, 11) is 0. The second kappa shape index (κ2) is 10.1. The SMILES string of the molecule is N=C(N)c1cccc(N2CC(CO)CN(CC3CCN(Cc4ncccn4)CC3)C2=O)c1. The Hall–Kier alpha value is -3.04. The average molecular weight is 438 g/mol. The number of nitrogen functional groups attached to an aromatic ring is 1. The van der Waals surface area contributed by atoms with Gasteiger partial charge in [0.15, 0.2) is 0 Å². The number of hydrogen-bond donors (Lipinski definition) is 3. The molecule has 170 valence electrons. The Morgan fingerprint density at radius 3 is 2.56 bits per heavy atom. The topological polar surface area (TPSA) is 123 Å². The first-order valence-corrected chi connectivity index (χ1v) is 11.1. The number of aromatic nitrogens is 2. The van der Waals surface area contributed by atoms with Crippen molar-refractivity contribution in [3.8, 4) is 0 Å². The minimum absolute atomic E-state index is 0.0102. The summed E-state index contributed by atoms with van der Waals surface area (Å²) < 4.78 is 0. The molecule has 1 aromatic carbocycles. The molecule has 0 radical (unpaired) electrons. The number of amidine groups is 1. The molecule has 2 saturated heterocycles. The number of nitrogens with zero attached hydrogens (tertiary/aromatic N) is 5. The molecule has 2 aromatic rings.